The van der Waals surface area contributed by atoms with Gasteiger partial charge in [0.2, 0.25) is 0 Å². The maximum absolute atomic E-state index is 5.20. The van der Waals surface area contributed by atoms with E-state index in [1.807, 2.05) is 10.9 Å². The highest BCUT2D eigenvalue weighted by molar-refractivity contribution is 5.26. The summed E-state index contributed by atoms with van der Waals surface area (Å²) >= 11 is 0. The summed E-state index contributed by atoms with van der Waals surface area (Å²) in [5.41, 5.74) is 0.856. The molecule has 0 aliphatic carbocycles. The van der Waals surface area contributed by atoms with Gasteiger partial charge in [0.1, 0.15) is 0 Å². The van der Waals surface area contributed by atoms with Crippen LogP contribution in [0.1, 0.15) is 26.3 Å². The Morgan fingerprint density at radius 1 is 1.55 bits per heavy atom. The topological polar surface area (TPSA) is 17.8 Å². The Balaban J connectivity index is 3.01. The first-order valence-corrected chi connectivity index (χ1v) is 3.56. The van der Waals surface area contributed by atoms with Crippen molar-refractivity contribution in [1.82, 2.24) is 9.78 Å². The number of hydrogen-bond acceptors (Lipinski definition) is 1. The zero-order valence-corrected chi connectivity index (χ0v) is 7.13. The second kappa shape index (κ2) is 2.43. The van der Waals surface area contributed by atoms with E-state index in [2.05, 4.69) is 31.8 Å². The van der Waals surface area contributed by atoms with Crippen LogP contribution < -0.4 is 0 Å². The van der Waals surface area contributed by atoms with Gasteiger partial charge in [-0.15, -0.1) is 6.42 Å². The normalized spacial score (nSPS) is 11.1. The van der Waals surface area contributed by atoms with E-state index < -0.39 is 0 Å². The highest BCUT2D eigenvalue weighted by Crippen LogP contribution is 2.12. The summed E-state index contributed by atoms with van der Waals surface area (Å²) in [5, 5.41) is 4.13. The molecule has 0 spiro atoms. The molecular formula is C9H12N2. The average molecular weight is 148 g/mol. The van der Waals surface area contributed by atoms with Gasteiger partial charge in [0.15, 0.2) is 0 Å². The number of hydrogen-bond donors (Lipinski definition) is 0. The third-order valence-electron chi connectivity index (χ3n) is 1.44. The minimum absolute atomic E-state index is 0.0229. The molecule has 0 fully saturated rings. The quantitative estimate of drug-likeness (QED) is 0.511. The van der Waals surface area contributed by atoms with E-state index in [4.69, 9.17) is 6.42 Å². The summed E-state index contributed by atoms with van der Waals surface area (Å²) in [7, 11) is 0. The van der Waals surface area contributed by atoms with Crippen LogP contribution in [0.5, 0.6) is 0 Å². The van der Waals surface area contributed by atoms with Gasteiger partial charge in [-0.1, -0.05) is 5.92 Å². The van der Waals surface area contributed by atoms with Gasteiger partial charge in [-0.3, -0.25) is 4.68 Å². The van der Waals surface area contributed by atoms with Crippen molar-refractivity contribution in [2.75, 3.05) is 0 Å². The van der Waals surface area contributed by atoms with Crippen molar-refractivity contribution >= 4 is 0 Å². The minimum Gasteiger partial charge on any atom is -0.266 e. The van der Waals surface area contributed by atoms with Crippen LogP contribution in [0.15, 0.2) is 12.4 Å². The number of nitrogens with zero attached hydrogens (tertiary/aromatic N) is 2. The summed E-state index contributed by atoms with van der Waals surface area (Å²) < 4.78 is 1.86. The molecule has 0 radical (unpaired) electrons. The van der Waals surface area contributed by atoms with E-state index >= 15 is 0 Å². The Kier molecular flexibility index (Phi) is 1.74. The Hall–Kier alpha value is -1.23. The second-order valence-corrected chi connectivity index (χ2v) is 3.49. The molecule has 0 aliphatic rings. The number of aromatic nitrogens is 2. The Bertz CT molecular complexity index is 283. The average Bonchev–Trinajstić information content (AvgIpc) is 2.32. The lowest BCUT2D eigenvalue weighted by Gasteiger charge is -2.18. The van der Waals surface area contributed by atoms with Gasteiger partial charge in [-0.25, -0.2) is 0 Å². The first kappa shape index (κ1) is 7.87. The zero-order valence-electron chi connectivity index (χ0n) is 7.13. The molecule has 0 saturated carbocycles. The summed E-state index contributed by atoms with van der Waals surface area (Å²) in [6.07, 6.45) is 8.78. The second-order valence-electron chi connectivity index (χ2n) is 3.49. The molecule has 2 nitrogen and oxygen atoms in total. The van der Waals surface area contributed by atoms with Crippen molar-refractivity contribution in [2.24, 2.45) is 0 Å². The van der Waals surface area contributed by atoms with Gasteiger partial charge in [0.25, 0.3) is 0 Å². The predicted octanol–water partition coefficient (Wildman–Crippen LogP) is 1.62. The van der Waals surface area contributed by atoms with Crippen LogP contribution >= 0.6 is 0 Å². The molecule has 11 heavy (non-hydrogen) atoms. The van der Waals surface area contributed by atoms with E-state index in [-0.39, 0.29) is 5.54 Å². The van der Waals surface area contributed by atoms with Gasteiger partial charge in [-0.05, 0) is 20.8 Å². The Morgan fingerprint density at radius 2 is 2.18 bits per heavy atom. The summed E-state index contributed by atoms with van der Waals surface area (Å²) in [4.78, 5) is 0. The highest BCUT2D eigenvalue weighted by atomic mass is 15.3. The first-order valence-electron chi connectivity index (χ1n) is 3.56. The first-order chi connectivity index (χ1) is 5.04. The summed E-state index contributed by atoms with van der Waals surface area (Å²) in [6, 6.07) is 0. The molecule has 0 N–H and O–H groups in total. The highest BCUT2D eigenvalue weighted by Gasteiger charge is 2.12. The fourth-order valence-corrected chi connectivity index (χ4v) is 0.764. The van der Waals surface area contributed by atoms with Gasteiger partial charge in [-0.2, -0.15) is 5.10 Å². The molecule has 0 saturated heterocycles. The van der Waals surface area contributed by atoms with Gasteiger partial charge >= 0.3 is 0 Å². The lowest BCUT2D eigenvalue weighted by atomic mass is 10.1. The van der Waals surface area contributed by atoms with E-state index in [9.17, 15) is 0 Å². The summed E-state index contributed by atoms with van der Waals surface area (Å²) in [5.74, 6) is 2.54. The summed E-state index contributed by atoms with van der Waals surface area (Å²) in [6.45, 7) is 6.25. The maximum atomic E-state index is 5.20. The standard InChI is InChI=1S/C9H12N2/c1-5-8-6-10-11(7-8)9(2,3)4/h1,6-7H,2-4H3. The van der Waals surface area contributed by atoms with Gasteiger partial charge in [0, 0.05) is 6.20 Å². The van der Waals surface area contributed by atoms with Crippen LogP contribution in [0.4, 0.5) is 0 Å². The molecule has 0 unspecified atom stereocenters. The molecule has 0 aromatic carbocycles. The molecule has 0 atom stereocenters. The lowest BCUT2D eigenvalue weighted by molar-refractivity contribution is 0.355. The van der Waals surface area contributed by atoms with Crippen LogP contribution in [0.3, 0.4) is 0 Å². The molecule has 0 bridgehead atoms. The maximum Gasteiger partial charge on any atom is 0.0646 e. The van der Waals surface area contributed by atoms with Crippen molar-refractivity contribution in [2.45, 2.75) is 26.3 Å². The fraction of sp³-hybridized carbons (Fsp3) is 0.444. The third-order valence-corrected chi connectivity index (χ3v) is 1.44. The lowest BCUT2D eigenvalue weighted by Crippen LogP contribution is -2.21. The van der Waals surface area contributed by atoms with Crippen LogP contribution in [0.2, 0.25) is 0 Å². The zero-order chi connectivity index (χ0) is 8.48. The van der Waals surface area contributed by atoms with Crippen molar-refractivity contribution in [3.63, 3.8) is 0 Å². The molecule has 2 heteroatoms. The van der Waals surface area contributed by atoms with Gasteiger partial charge < -0.3 is 0 Å². The smallest absolute Gasteiger partial charge is 0.0646 e. The van der Waals surface area contributed by atoms with Crippen molar-refractivity contribution in [3.05, 3.63) is 18.0 Å². The third kappa shape index (κ3) is 1.62. The predicted molar refractivity (Wildman–Crippen MR) is 45.2 cm³/mol. The van der Waals surface area contributed by atoms with Crippen LogP contribution in [-0.4, -0.2) is 9.78 Å². The molecule has 1 rings (SSSR count). The van der Waals surface area contributed by atoms with Crippen LogP contribution in [-0.2, 0) is 5.54 Å². The molecule has 1 aromatic heterocycles. The van der Waals surface area contributed by atoms with Crippen LogP contribution in [0, 0.1) is 12.3 Å². The van der Waals surface area contributed by atoms with Crippen LogP contribution in [0.25, 0.3) is 0 Å². The molecule has 1 aromatic rings. The van der Waals surface area contributed by atoms with E-state index in [1.165, 1.54) is 0 Å². The van der Waals surface area contributed by atoms with E-state index in [0.717, 1.165) is 5.56 Å². The molecule has 0 amide bonds. The van der Waals surface area contributed by atoms with E-state index in [0.29, 0.717) is 0 Å². The number of terminal acetylenes is 1. The number of rotatable bonds is 0. The molecular weight excluding hydrogens is 136 g/mol. The Labute approximate surface area is 67.2 Å². The molecule has 1 heterocycles. The fourth-order valence-electron chi connectivity index (χ4n) is 0.764. The SMILES string of the molecule is C#Cc1cnn(C(C)(C)C)c1. The van der Waals surface area contributed by atoms with E-state index in [1.54, 1.807) is 6.20 Å². The molecule has 0 aliphatic heterocycles. The van der Waals surface area contributed by atoms with Gasteiger partial charge in [0.05, 0.1) is 17.3 Å². The Morgan fingerprint density at radius 3 is 2.45 bits per heavy atom. The monoisotopic (exact) mass is 148 g/mol. The largest absolute Gasteiger partial charge is 0.266 e. The van der Waals surface area contributed by atoms with Crippen molar-refractivity contribution in [3.8, 4) is 12.3 Å². The van der Waals surface area contributed by atoms with Crippen molar-refractivity contribution in [1.29, 1.82) is 0 Å². The minimum atomic E-state index is 0.0229. The van der Waals surface area contributed by atoms with Crippen molar-refractivity contribution < 1.29 is 0 Å². The molecule has 58 valence electrons.